The summed E-state index contributed by atoms with van der Waals surface area (Å²) in [4.78, 5) is 10.1. The molecule has 0 radical (unpaired) electrons. The summed E-state index contributed by atoms with van der Waals surface area (Å²) in [5.74, 6) is -0.360. The van der Waals surface area contributed by atoms with E-state index in [0.29, 0.717) is 6.42 Å². The highest BCUT2D eigenvalue weighted by molar-refractivity contribution is 8.13. The van der Waals surface area contributed by atoms with E-state index in [1.807, 2.05) is 6.92 Å². The third kappa shape index (κ3) is 6.50. The van der Waals surface area contributed by atoms with Crippen molar-refractivity contribution in [3.05, 3.63) is 33.3 Å². The minimum absolute atomic E-state index is 0.0701. The Labute approximate surface area is 132 Å². The maximum atomic E-state index is 11.1. The average Bonchev–Trinajstić information content (AvgIpc) is 2.35. The first kappa shape index (κ1) is 18.0. The van der Waals surface area contributed by atoms with E-state index in [0.717, 1.165) is 6.42 Å². The number of halogens is 2. The Bertz CT molecular complexity index is 606. The number of hydrogen-bond acceptors (Lipinski definition) is 5. The number of nitrogens with zero attached hydrogens (tertiary/aromatic N) is 1. The first-order valence-electron chi connectivity index (χ1n) is 6.22. The van der Waals surface area contributed by atoms with Crippen LogP contribution in [0.3, 0.4) is 0 Å². The van der Waals surface area contributed by atoms with Gasteiger partial charge in [0.05, 0.1) is 28.4 Å². The summed E-state index contributed by atoms with van der Waals surface area (Å²) in [5.41, 5.74) is -0.147. The molecule has 118 valence electrons. The Balaban J connectivity index is 2.79. The molecule has 0 fully saturated rings. The van der Waals surface area contributed by atoms with E-state index in [-0.39, 0.29) is 34.7 Å². The molecule has 1 aromatic carbocycles. The topological polar surface area (TPSA) is 86.5 Å². The third-order valence-corrected chi connectivity index (χ3v) is 4.29. The Hall–Kier alpha value is -1.05. The summed E-state index contributed by atoms with van der Waals surface area (Å²) < 4.78 is 27.7. The molecule has 0 aliphatic carbocycles. The molecule has 0 N–H and O–H groups in total. The lowest BCUT2D eigenvalue weighted by molar-refractivity contribution is -0.384. The van der Waals surface area contributed by atoms with Gasteiger partial charge in [-0.3, -0.25) is 10.1 Å². The zero-order valence-corrected chi connectivity index (χ0v) is 13.6. The average molecular weight is 356 g/mol. The lowest BCUT2D eigenvalue weighted by Crippen LogP contribution is -2.19. The van der Waals surface area contributed by atoms with Crippen molar-refractivity contribution in [2.45, 2.75) is 19.8 Å². The lowest BCUT2D eigenvalue weighted by Gasteiger charge is -2.16. The fourth-order valence-electron chi connectivity index (χ4n) is 1.83. The van der Waals surface area contributed by atoms with Crippen LogP contribution < -0.4 is 4.74 Å². The summed E-state index contributed by atoms with van der Waals surface area (Å²) in [5, 5.41) is 10.9. The molecule has 1 atom stereocenters. The third-order valence-electron chi connectivity index (χ3n) is 2.73. The fourth-order valence-corrected chi connectivity index (χ4v) is 3.36. The normalized spacial score (nSPS) is 12.9. The van der Waals surface area contributed by atoms with Crippen LogP contribution in [0.5, 0.6) is 5.75 Å². The van der Waals surface area contributed by atoms with Crippen molar-refractivity contribution in [1.82, 2.24) is 0 Å². The second-order valence-electron chi connectivity index (χ2n) is 4.54. The molecule has 0 saturated carbocycles. The summed E-state index contributed by atoms with van der Waals surface area (Å²) in [6.45, 7) is 1.98. The molecule has 1 unspecified atom stereocenters. The number of nitro benzene ring substituents is 1. The smallest absolute Gasteiger partial charge is 0.273 e. The van der Waals surface area contributed by atoms with Gasteiger partial charge in [-0.2, -0.15) is 0 Å². The quantitative estimate of drug-likeness (QED) is 0.403. The van der Waals surface area contributed by atoms with Gasteiger partial charge in [-0.05, 0) is 12.5 Å². The van der Waals surface area contributed by atoms with Crippen LogP contribution in [-0.4, -0.2) is 25.7 Å². The van der Waals surface area contributed by atoms with Crippen LogP contribution in [0, 0.1) is 16.0 Å². The minimum Gasteiger partial charge on any atom is -0.491 e. The molecule has 0 heterocycles. The van der Waals surface area contributed by atoms with Gasteiger partial charge in [-0.15, -0.1) is 0 Å². The van der Waals surface area contributed by atoms with E-state index in [9.17, 15) is 18.5 Å². The molecule has 0 saturated heterocycles. The first-order valence-corrected chi connectivity index (χ1v) is 9.07. The minimum atomic E-state index is -3.63. The number of nitro groups is 1. The molecule has 21 heavy (non-hydrogen) atoms. The molecule has 6 nitrogen and oxygen atoms in total. The van der Waals surface area contributed by atoms with Crippen molar-refractivity contribution in [2.24, 2.45) is 5.92 Å². The molecule has 1 rings (SSSR count). The summed E-state index contributed by atoms with van der Waals surface area (Å²) in [6, 6.07) is 3.84. The largest absolute Gasteiger partial charge is 0.491 e. The fraction of sp³-hybridized carbons (Fsp3) is 0.500. The summed E-state index contributed by atoms with van der Waals surface area (Å²) >= 11 is 5.90. The summed E-state index contributed by atoms with van der Waals surface area (Å²) in [6.07, 6.45) is 1.38. The van der Waals surface area contributed by atoms with Crippen molar-refractivity contribution >= 4 is 37.0 Å². The molecule has 0 amide bonds. The number of non-ortho nitro benzene ring substituents is 1. The van der Waals surface area contributed by atoms with Crippen LogP contribution in [0.4, 0.5) is 5.69 Å². The highest BCUT2D eigenvalue weighted by Gasteiger charge is 2.18. The van der Waals surface area contributed by atoms with Crippen molar-refractivity contribution < 1.29 is 18.1 Å². The van der Waals surface area contributed by atoms with Gasteiger partial charge in [0.1, 0.15) is 5.75 Å². The second kappa shape index (κ2) is 7.82. The van der Waals surface area contributed by atoms with Gasteiger partial charge in [0.2, 0.25) is 9.05 Å². The lowest BCUT2D eigenvalue weighted by atomic mass is 10.1. The number of ether oxygens (including phenoxy) is 1. The van der Waals surface area contributed by atoms with Gasteiger partial charge in [0.15, 0.2) is 0 Å². The van der Waals surface area contributed by atoms with Gasteiger partial charge in [-0.25, -0.2) is 8.42 Å². The van der Waals surface area contributed by atoms with Crippen LogP contribution in [0.2, 0.25) is 5.02 Å². The van der Waals surface area contributed by atoms with E-state index in [2.05, 4.69) is 0 Å². The Morgan fingerprint density at radius 3 is 2.62 bits per heavy atom. The predicted octanol–water partition coefficient (Wildman–Crippen LogP) is 3.61. The molecule has 0 spiro atoms. The number of hydrogen-bond donors (Lipinski definition) is 0. The monoisotopic (exact) mass is 355 g/mol. The van der Waals surface area contributed by atoms with Crippen LogP contribution in [0.15, 0.2) is 18.2 Å². The molecule has 0 aliphatic heterocycles. The maximum Gasteiger partial charge on any atom is 0.273 e. The zero-order valence-electron chi connectivity index (χ0n) is 11.3. The van der Waals surface area contributed by atoms with Gasteiger partial charge in [0.25, 0.3) is 5.69 Å². The van der Waals surface area contributed by atoms with Gasteiger partial charge < -0.3 is 4.74 Å². The Morgan fingerprint density at radius 1 is 1.43 bits per heavy atom. The van der Waals surface area contributed by atoms with Gasteiger partial charge in [-0.1, -0.05) is 24.9 Å². The first-order chi connectivity index (χ1) is 9.73. The molecule has 1 aromatic rings. The van der Waals surface area contributed by atoms with E-state index < -0.39 is 14.0 Å². The SMILES string of the molecule is CCCC(COc1cc([N+](=O)[O-])ccc1Cl)CS(=O)(=O)Cl. The standard InChI is InChI=1S/C12H15Cl2NO5S/c1-2-3-9(8-21(14,18)19)7-20-12-6-10(15(16)17)4-5-11(12)13/h4-6,9H,2-3,7-8H2,1H3. The highest BCUT2D eigenvalue weighted by Crippen LogP contribution is 2.29. The van der Waals surface area contributed by atoms with Crippen molar-refractivity contribution in [3.63, 3.8) is 0 Å². The van der Waals surface area contributed by atoms with E-state index >= 15 is 0 Å². The number of benzene rings is 1. The van der Waals surface area contributed by atoms with Crippen LogP contribution in [0.25, 0.3) is 0 Å². The molecule has 0 bridgehead atoms. The van der Waals surface area contributed by atoms with E-state index in [4.69, 9.17) is 27.0 Å². The Kier molecular flexibility index (Phi) is 6.70. The highest BCUT2D eigenvalue weighted by atomic mass is 35.7. The van der Waals surface area contributed by atoms with Gasteiger partial charge in [0, 0.05) is 22.7 Å². The van der Waals surface area contributed by atoms with Crippen LogP contribution >= 0.6 is 22.3 Å². The van der Waals surface area contributed by atoms with Crippen molar-refractivity contribution in [2.75, 3.05) is 12.4 Å². The van der Waals surface area contributed by atoms with Crippen molar-refractivity contribution in [3.8, 4) is 5.75 Å². The van der Waals surface area contributed by atoms with Crippen LogP contribution in [-0.2, 0) is 9.05 Å². The maximum absolute atomic E-state index is 11.1. The second-order valence-corrected chi connectivity index (χ2v) is 7.77. The van der Waals surface area contributed by atoms with Crippen molar-refractivity contribution in [1.29, 1.82) is 0 Å². The molecular formula is C12H15Cl2NO5S. The molecule has 9 heteroatoms. The van der Waals surface area contributed by atoms with Crippen LogP contribution in [0.1, 0.15) is 19.8 Å². The Morgan fingerprint density at radius 2 is 2.10 bits per heavy atom. The van der Waals surface area contributed by atoms with E-state index in [1.165, 1.54) is 18.2 Å². The van der Waals surface area contributed by atoms with Gasteiger partial charge >= 0.3 is 0 Å². The predicted molar refractivity (Wildman–Crippen MR) is 81.6 cm³/mol. The molecular weight excluding hydrogens is 341 g/mol. The van der Waals surface area contributed by atoms with E-state index in [1.54, 1.807) is 0 Å². The zero-order chi connectivity index (χ0) is 16.0. The molecule has 0 aliphatic rings. The molecule has 0 aromatic heterocycles. The summed E-state index contributed by atoms with van der Waals surface area (Å²) in [7, 11) is 1.61. The number of rotatable bonds is 8.